The molecule has 0 aliphatic carbocycles. The van der Waals surface area contributed by atoms with E-state index in [1.165, 1.54) is 16.1 Å². The van der Waals surface area contributed by atoms with Crippen molar-refractivity contribution in [2.75, 3.05) is 17.6 Å². The smallest absolute Gasteiger partial charge is 0.231 e. The molecule has 1 heterocycles. The molecule has 0 atom stereocenters. The van der Waals surface area contributed by atoms with Gasteiger partial charge in [-0.1, -0.05) is 36.4 Å². The first-order valence-corrected chi connectivity index (χ1v) is 10.1. The highest BCUT2D eigenvalue weighted by atomic mass is 32.2. The van der Waals surface area contributed by atoms with Gasteiger partial charge in [0.25, 0.3) is 0 Å². The zero-order valence-corrected chi connectivity index (χ0v) is 15.4. The van der Waals surface area contributed by atoms with Crippen molar-refractivity contribution in [3.05, 3.63) is 59.5 Å². The molecule has 0 aliphatic rings. The van der Waals surface area contributed by atoms with Crippen LogP contribution in [-0.4, -0.2) is 26.7 Å². The first-order chi connectivity index (χ1) is 11.4. The summed E-state index contributed by atoms with van der Waals surface area (Å²) in [5.41, 5.74) is 4.84. The Balaban J connectivity index is 1.90. The molecule has 0 unspecified atom stereocenters. The number of rotatable bonds is 4. The Morgan fingerprint density at radius 1 is 1.04 bits per heavy atom. The lowest BCUT2D eigenvalue weighted by Gasteiger charge is -2.16. The SMILES string of the molecule is Cc1ccccc1-c1nc(-c2ccc(N(C)S(C)(=O)=O)cc2)cs1. The van der Waals surface area contributed by atoms with Gasteiger partial charge in [0.05, 0.1) is 17.6 Å². The van der Waals surface area contributed by atoms with Crippen molar-refractivity contribution in [1.82, 2.24) is 4.98 Å². The number of sulfonamides is 1. The third-order valence-electron chi connectivity index (χ3n) is 3.90. The standard InChI is InChI=1S/C18H18N2O2S2/c1-13-6-4-5-7-16(13)18-19-17(12-23-18)14-8-10-15(11-9-14)20(2)24(3,21)22/h4-12H,1-3H3. The van der Waals surface area contributed by atoms with Crippen molar-refractivity contribution in [2.24, 2.45) is 0 Å². The van der Waals surface area contributed by atoms with Gasteiger partial charge in [-0.15, -0.1) is 11.3 Å². The van der Waals surface area contributed by atoms with Gasteiger partial charge in [-0.05, 0) is 24.6 Å². The van der Waals surface area contributed by atoms with E-state index in [0.29, 0.717) is 5.69 Å². The van der Waals surface area contributed by atoms with Gasteiger partial charge in [-0.25, -0.2) is 13.4 Å². The van der Waals surface area contributed by atoms with E-state index in [4.69, 9.17) is 4.98 Å². The summed E-state index contributed by atoms with van der Waals surface area (Å²) in [5.74, 6) is 0. The second-order valence-electron chi connectivity index (χ2n) is 5.63. The Hall–Kier alpha value is -2.18. The quantitative estimate of drug-likeness (QED) is 0.703. The predicted octanol–water partition coefficient (Wildman–Crippen LogP) is 4.18. The molecule has 124 valence electrons. The molecule has 0 fully saturated rings. The number of hydrogen-bond donors (Lipinski definition) is 0. The number of thiazole rings is 1. The van der Waals surface area contributed by atoms with Crippen LogP contribution in [0.3, 0.4) is 0 Å². The summed E-state index contributed by atoms with van der Waals surface area (Å²) >= 11 is 1.61. The van der Waals surface area contributed by atoms with Crippen LogP contribution >= 0.6 is 11.3 Å². The first kappa shape index (κ1) is 16.7. The molecule has 0 aliphatic heterocycles. The van der Waals surface area contributed by atoms with Gasteiger partial charge < -0.3 is 0 Å². The fourth-order valence-corrected chi connectivity index (χ4v) is 3.80. The number of hydrogen-bond acceptors (Lipinski definition) is 4. The Kier molecular flexibility index (Phi) is 4.43. The van der Waals surface area contributed by atoms with E-state index >= 15 is 0 Å². The van der Waals surface area contributed by atoms with Crippen LogP contribution < -0.4 is 4.31 Å². The lowest BCUT2D eigenvalue weighted by atomic mass is 10.1. The van der Waals surface area contributed by atoms with Crippen molar-refractivity contribution < 1.29 is 8.42 Å². The zero-order valence-electron chi connectivity index (χ0n) is 13.7. The van der Waals surface area contributed by atoms with Crippen molar-refractivity contribution in [2.45, 2.75) is 6.92 Å². The highest BCUT2D eigenvalue weighted by molar-refractivity contribution is 7.92. The van der Waals surface area contributed by atoms with Crippen LogP contribution in [0.5, 0.6) is 0 Å². The molecular formula is C18H18N2O2S2. The third kappa shape index (κ3) is 3.34. The summed E-state index contributed by atoms with van der Waals surface area (Å²) < 4.78 is 24.4. The molecule has 6 heteroatoms. The molecule has 2 aromatic carbocycles. The number of aryl methyl sites for hydroxylation is 1. The van der Waals surface area contributed by atoms with E-state index < -0.39 is 10.0 Å². The topological polar surface area (TPSA) is 50.3 Å². The lowest BCUT2D eigenvalue weighted by Crippen LogP contribution is -2.24. The summed E-state index contributed by atoms with van der Waals surface area (Å²) in [6.07, 6.45) is 1.19. The second-order valence-corrected chi connectivity index (χ2v) is 8.50. The van der Waals surface area contributed by atoms with Crippen molar-refractivity contribution in [3.63, 3.8) is 0 Å². The number of anilines is 1. The largest absolute Gasteiger partial charge is 0.274 e. The van der Waals surface area contributed by atoms with Crippen LogP contribution in [0.15, 0.2) is 53.9 Å². The minimum Gasteiger partial charge on any atom is -0.274 e. The molecule has 0 amide bonds. The molecule has 4 nitrogen and oxygen atoms in total. The van der Waals surface area contributed by atoms with Gasteiger partial charge >= 0.3 is 0 Å². The third-order valence-corrected chi connectivity index (χ3v) is 5.99. The van der Waals surface area contributed by atoms with Gasteiger partial charge in [0, 0.05) is 23.6 Å². The van der Waals surface area contributed by atoms with Gasteiger partial charge in [0.1, 0.15) is 5.01 Å². The Bertz CT molecular complexity index is 961. The fourth-order valence-electron chi connectivity index (χ4n) is 2.38. The molecule has 0 bridgehead atoms. The number of aromatic nitrogens is 1. The summed E-state index contributed by atoms with van der Waals surface area (Å²) in [5, 5.41) is 3.01. The monoisotopic (exact) mass is 358 g/mol. The molecule has 1 aromatic heterocycles. The van der Waals surface area contributed by atoms with E-state index in [2.05, 4.69) is 19.1 Å². The highest BCUT2D eigenvalue weighted by Crippen LogP contribution is 2.31. The number of benzene rings is 2. The summed E-state index contributed by atoms with van der Waals surface area (Å²) in [6.45, 7) is 2.08. The van der Waals surface area contributed by atoms with Crippen LogP contribution in [0.1, 0.15) is 5.56 Å². The van der Waals surface area contributed by atoms with Gasteiger partial charge in [0.15, 0.2) is 0 Å². The van der Waals surface area contributed by atoms with Crippen LogP contribution in [0, 0.1) is 6.92 Å². The van der Waals surface area contributed by atoms with Crippen LogP contribution in [0.2, 0.25) is 0 Å². The van der Waals surface area contributed by atoms with E-state index in [9.17, 15) is 8.42 Å². The zero-order chi connectivity index (χ0) is 17.3. The maximum absolute atomic E-state index is 11.6. The Labute approximate surface area is 146 Å². The first-order valence-electron chi connectivity index (χ1n) is 7.42. The van der Waals surface area contributed by atoms with Gasteiger partial charge in [-0.2, -0.15) is 0 Å². The molecule has 24 heavy (non-hydrogen) atoms. The van der Waals surface area contributed by atoms with Crippen LogP contribution in [0.25, 0.3) is 21.8 Å². The molecule has 0 N–H and O–H groups in total. The lowest BCUT2D eigenvalue weighted by molar-refractivity contribution is 0.600. The molecule has 3 aromatic rings. The molecular weight excluding hydrogens is 340 g/mol. The summed E-state index contributed by atoms with van der Waals surface area (Å²) in [4.78, 5) is 4.72. The van der Waals surface area contributed by atoms with Crippen molar-refractivity contribution in [3.8, 4) is 21.8 Å². The average molecular weight is 358 g/mol. The summed E-state index contributed by atoms with van der Waals surface area (Å²) in [7, 11) is -1.71. The average Bonchev–Trinajstić information content (AvgIpc) is 3.03. The van der Waals surface area contributed by atoms with Crippen LogP contribution in [-0.2, 0) is 10.0 Å². The van der Waals surface area contributed by atoms with Crippen molar-refractivity contribution >= 4 is 27.0 Å². The number of nitrogens with zero attached hydrogens (tertiary/aromatic N) is 2. The second kappa shape index (κ2) is 6.37. The molecule has 0 saturated carbocycles. The van der Waals surface area contributed by atoms with Crippen LogP contribution in [0.4, 0.5) is 5.69 Å². The fraction of sp³-hybridized carbons (Fsp3) is 0.167. The molecule has 0 radical (unpaired) electrons. The van der Waals surface area contributed by atoms with Gasteiger partial charge in [-0.3, -0.25) is 4.31 Å². The van der Waals surface area contributed by atoms with E-state index in [-0.39, 0.29) is 0 Å². The highest BCUT2D eigenvalue weighted by Gasteiger charge is 2.13. The molecule has 0 saturated heterocycles. The molecule has 0 spiro atoms. The van der Waals surface area contributed by atoms with E-state index in [1.807, 2.05) is 29.6 Å². The Morgan fingerprint density at radius 3 is 2.33 bits per heavy atom. The van der Waals surface area contributed by atoms with Crippen molar-refractivity contribution in [1.29, 1.82) is 0 Å². The Morgan fingerprint density at radius 2 is 1.71 bits per heavy atom. The predicted molar refractivity (Wildman–Crippen MR) is 101 cm³/mol. The molecule has 3 rings (SSSR count). The van der Waals surface area contributed by atoms with Gasteiger partial charge in [0.2, 0.25) is 10.0 Å². The maximum atomic E-state index is 11.6. The summed E-state index contributed by atoms with van der Waals surface area (Å²) in [6, 6.07) is 15.6. The van der Waals surface area contributed by atoms with E-state index in [1.54, 1.807) is 30.5 Å². The minimum atomic E-state index is -3.25. The minimum absolute atomic E-state index is 0.635. The normalized spacial score (nSPS) is 11.5. The maximum Gasteiger partial charge on any atom is 0.231 e. The van der Waals surface area contributed by atoms with E-state index in [0.717, 1.165) is 21.8 Å².